The molecule has 0 atom stereocenters. The molecule has 1 amide bonds. The first-order valence-corrected chi connectivity index (χ1v) is 6.87. The molecule has 2 aliphatic rings. The van der Waals surface area contributed by atoms with Crippen molar-refractivity contribution in [1.29, 1.82) is 0 Å². The van der Waals surface area contributed by atoms with E-state index in [4.69, 9.17) is 21.4 Å². The number of benzene rings is 1. The van der Waals surface area contributed by atoms with Gasteiger partial charge < -0.3 is 14.7 Å². The quantitative estimate of drug-likeness (QED) is 0.799. The summed E-state index contributed by atoms with van der Waals surface area (Å²) in [5.74, 6) is 0.484. The predicted molar refractivity (Wildman–Crippen MR) is 72.6 cm³/mol. The molecule has 1 spiro atoms. The Morgan fingerprint density at radius 3 is 2.70 bits per heavy atom. The molecule has 2 aliphatic heterocycles. The minimum absolute atomic E-state index is 0.0272. The fourth-order valence-corrected chi connectivity index (χ4v) is 3.17. The molecule has 1 saturated heterocycles. The lowest BCUT2D eigenvalue weighted by Gasteiger charge is -2.43. The van der Waals surface area contributed by atoms with E-state index in [1.54, 1.807) is 18.2 Å². The van der Waals surface area contributed by atoms with Crippen molar-refractivity contribution in [2.45, 2.75) is 24.9 Å². The summed E-state index contributed by atoms with van der Waals surface area (Å²) in [4.78, 5) is 24.6. The normalized spacial score (nSPS) is 20.4. The number of likely N-dealkylation sites (tertiary alicyclic amines) is 1. The van der Waals surface area contributed by atoms with Crippen LogP contribution in [0.4, 0.5) is 4.79 Å². The third-order valence-electron chi connectivity index (χ3n) is 4.01. The van der Waals surface area contributed by atoms with E-state index in [1.807, 2.05) is 0 Å². The van der Waals surface area contributed by atoms with E-state index in [-0.39, 0.29) is 12.2 Å². The second-order valence-corrected chi connectivity index (χ2v) is 5.67. The molecule has 106 valence electrons. The third kappa shape index (κ3) is 2.12. The standard InChI is InChI=1S/C14H14ClNO4/c15-9-2-1-3-11-12(9)10(17)8-14(20-11)4-6-16(7-5-14)13(18)19/h1-3H,4-8H2,(H,18,19). The number of rotatable bonds is 0. The lowest BCUT2D eigenvalue weighted by Crippen LogP contribution is -2.52. The van der Waals surface area contributed by atoms with Gasteiger partial charge in [0.2, 0.25) is 0 Å². The van der Waals surface area contributed by atoms with Crippen LogP contribution in [0.15, 0.2) is 18.2 Å². The van der Waals surface area contributed by atoms with Crippen molar-refractivity contribution in [3.63, 3.8) is 0 Å². The van der Waals surface area contributed by atoms with E-state index < -0.39 is 11.7 Å². The van der Waals surface area contributed by atoms with Crippen LogP contribution in [-0.2, 0) is 0 Å². The Balaban J connectivity index is 1.86. The third-order valence-corrected chi connectivity index (χ3v) is 4.32. The number of nitrogens with zero attached hydrogens (tertiary/aromatic N) is 1. The molecule has 3 rings (SSSR count). The SMILES string of the molecule is O=C1CC2(CCN(C(=O)O)CC2)Oc2cccc(Cl)c21. The number of Topliss-reactive ketones (excluding diaryl/α,β-unsaturated/α-hetero) is 1. The minimum Gasteiger partial charge on any atom is -0.486 e. The molecule has 1 fully saturated rings. The molecular formula is C14H14ClNO4. The van der Waals surface area contributed by atoms with Crippen LogP contribution in [-0.4, -0.2) is 40.6 Å². The molecule has 1 aromatic rings. The van der Waals surface area contributed by atoms with E-state index >= 15 is 0 Å². The number of amides is 1. The average Bonchev–Trinajstić information content (AvgIpc) is 2.38. The molecule has 0 saturated carbocycles. The first-order valence-electron chi connectivity index (χ1n) is 6.49. The van der Waals surface area contributed by atoms with E-state index in [9.17, 15) is 9.59 Å². The summed E-state index contributed by atoms with van der Waals surface area (Å²) in [5, 5.41) is 9.38. The van der Waals surface area contributed by atoms with Gasteiger partial charge in [-0.3, -0.25) is 4.79 Å². The summed E-state index contributed by atoms with van der Waals surface area (Å²) in [7, 11) is 0. The van der Waals surface area contributed by atoms with E-state index in [0.717, 1.165) is 0 Å². The smallest absolute Gasteiger partial charge is 0.407 e. The minimum atomic E-state index is -0.926. The second kappa shape index (κ2) is 4.66. The molecule has 0 radical (unpaired) electrons. The zero-order valence-electron chi connectivity index (χ0n) is 10.8. The summed E-state index contributed by atoms with van der Waals surface area (Å²) in [5.41, 5.74) is -0.138. The number of carbonyl (C=O) groups excluding carboxylic acids is 1. The molecular weight excluding hydrogens is 282 g/mol. The maximum atomic E-state index is 12.3. The van der Waals surface area contributed by atoms with Gasteiger partial charge in [-0.05, 0) is 12.1 Å². The summed E-state index contributed by atoms with van der Waals surface area (Å²) in [6.07, 6.45) is 0.385. The molecule has 0 aromatic heterocycles. The van der Waals surface area contributed by atoms with Crippen LogP contribution in [0.1, 0.15) is 29.6 Å². The van der Waals surface area contributed by atoms with Gasteiger partial charge in [-0.1, -0.05) is 17.7 Å². The number of piperidine rings is 1. The summed E-state index contributed by atoms with van der Waals surface area (Å²) in [6, 6.07) is 5.16. The number of carbonyl (C=O) groups is 2. The lowest BCUT2D eigenvalue weighted by atomic mass is 9.82. The number of carboxylic acid groups (broad SMARTS) is 1. The highest BCUT2D eigenvalue weighted by molar-refractivity contribution is 6.34. The number of hydrogen-bond donors (Lipinski definition) is 1. The maximum absolute atomic E-state index is 12.3. The zero-order chi connectivity index (χ0) is 14.3. The Hall–Kier alpha value is -1.75. The van der Waals surface area contributed by atoms with Crippen LogP contribution >= 0.6 is 11.6 Å². The number of fused-ring (bicyclic) bond motifs is 1. The Kier molecular flexibility index (Phi) is 3.09. The molecule has 1 aromatic carbocycles. The maximum Gasteiger partial charge on any atom is 0.407 e. The summed E-state index contributed by atoms with van der Waals surface area (Å²) >= 11 is 6.04. The van der Waals surface area contributed by atoms with E-state index in [0.29, 0.717) is 42.3 Å². The number of ether oxygens (including phenoxy) is 1. The molecule has 2 heterocycles. The average molecular weight is 296 g/mol. The van der Waals surface area contributed by atoms with Crippen LogP contribution < -0.4 is 4.74 Å². The monoisotopic (exact) mass is 295 g/mol. The largest absolute Gasteiger partial charge is 0.486 e. The molecule has 0 aliphatic carbocycles. The van der Waals surface area contributed by atoms with Crippen LogP contribution in [0.2, 0.25) is 5.02 Å². The highest BCUT2D eigenvalue weighted by Crippen LogP contribution is 2.41. The molecule has 5 nitrogen and oxygen atoms in total. The van der Waals surface area contributed by atoms with Gasteiger partial charge in [0.15, 0.2) is 5.78 Å². The fraction of sp³-hybridized carbons (Fsp3) is 0.429. The van der Waals surface area contributed by atoms with Crippen LogP contribution in [0.3, 0.4) is 0 Å². The van der Waals surface area contributed by atoms with Crippen LogP contribution in [0.5, 0.6) is 5.75 Å². The lowest BCUT2D eigenvalue weighted by molar-refractivity contribution is -0.00517. The molecule has 1 N–H and O–H groups in total. The van der Waals surface area contributed by atoms with Crippen molar-refractivity contribution < 1.29 is 19.4 Å². The van der Waals surface area contributed by atoms with Crippen LogP contribution in [0.25, 0.3) is 0 Å². The number of hydrogen-bond acceptors (Lipinski definition) is 3. The van der Waals surface area contributed by atoms with E-state index in [2.05, 4.69) is 0 Å². The van der Waals surface area contributed by atoms with Crippen molar-refractivity contribution in [3.05, 3.63) is 28.8 Å². The highest BCUT2D eigenvalue weighted by atomic mass is 35.5. The number of halogens is 1. The van der Waals surface area contributed by atoms with Crippen molar-refractivity contribution in [2.24, 2.45) is 0 Å². The van der Waals surface area contributed by atoms with Gasteiger partial charge in [0.25, 0.3) is 0 Å². The number of ketones is 1. The van der Waals surface area contributed by atoms with Gasteiger partial charge in [-0.2, -0.15) is 0 Å². The van der Waals surface area contributed by atoms with Crippen molar-refractivity contribution in [1.82, 2.24) is 4.90 Å². The summed E-state index contributed by atoms with van der Waals surface area (Å²) < 4.78 is 6.01. The molecule has 20 heavy (non-hydrogen) atoms. The Bertz CT molecular complexity index is 579. The Morgan fingerprint density at radius 2 is 2.05 bits per heavy atom. The van der Waals surface area contributed by atoms with Crippen molar-refractivity contribution >= 4 is 23.5 Å². The van der Waals surface area contributed by atoms with Gasteiger partial charge in [-0.25, -0.2) is 4.79 Å². The van der Waals surface area contributed by atoms with Crippen molar-refractivity contribution in [3.8, 4) is 5.75 Å². The highest BCUT2D eigenvalue weighted by Gasteiger charge is 2.44. The van der Waals surface area contributed by atoms with Crippen LogP contribution in [0, 0.1) is 0 Å². The second-order valence-electron chi connectivity index (χ2n) is 5.27. The molecule has 0 bridgehead atoms. The molecule has 0 unspecified atom stereocenters. The van der Waals surface area contributed by atoms with Gasteiger partial charge in [-0.15, -0.1) is 0 Å². The van der Waals surface area contributed by atoms with Gasteiger partial charge in [0.05, 0.1) is 17.0 Å². The topological polar surface area (TPSA) is 66.8 Å². The first kappa shape index (κ1) is 13.2. The van der Waals surface area contributed by atoms with Gasteiger partial charge >= 0.3 is 6.09 Å². The first-order chi connectivity index (χ1) is 9.51. The van der Waals surface area contributed by atoms with Gasteiger partial charge in [0.1, 0.15) is 11.4 Å². The zero-order valence-corrected chi connectivity index (χ0v) is 11.5. The van der Waals surface area contributed by atoms with Crippen molar-refractivity contribution in [2.75, 3.05) is 13.1 Å². The summed E-state index contributed by atoms with van der Waals surface area (Å²) in [6.45, 7) is 0.775. The molecule has 6 heteroatoms. The predicted octanol–water partition coefficient (Wildman–Crippen LogP) is 2.82. The van der Waals surface area contributed by atoms with Gasteiger partial charge in [0, 0.05) is 25.9 Å². The Morgan fingerprint density at radius 1 is 1.35 bits per heavy atom. The fourth-order valence-electron chi connectivity index (χ4n) is 2.89. The van der Waals surface area contributed by atoms with E-state index in [1.165, 1.54) is 4.90 Å². The Labute approximate surface area is 121 Å².